The highest BCUT2D eigenvalue weighted by molar-refractivity contribution is 7.13. The number of thiazole rings is 1. The SMILES string of the molecule is COc1ccc(CN(C(=O)C2CCC(N)C2)c2nccs2)c(OC)c1. The molecule has 1 saturated carbocycles. The number of anilines is 1. The molecule has 7 heteroatoms. The van der Waals surface area contributed by atoms with Crippen molar-refractivity contribution in [2.24, 2.45) is 11.7 Å². The van der Waals surface area contributed by atoms with Crippen LogP contribution in [-0.2, 0) is 11.3 Å². The molecule has 1 aromatic carbocycles. The van der Waals surface area contributed by atoms with Crippen LogP contribution in [0.4, 0.5) is 5.13 Å². The van der Waals surface area contributed by atoms with Crippen molar-refractivity contribution in [3.63, 3.8) is 0 Å². The highest BCUT2D eigenvalue weighted by Crippen LogP contribution is 2.32. The highest BCUT2D eigenvalue weighted by Gasteiger charge is 2.33. The quantitative estimate of drug-likeness (QED) is 0.856. The summed E-state index contributed by atoms with van der Waals surface area (Å²) in [5.74, 6) is 1.45. The molecular weight excluding hydrogens is 338 g/mol. The summed E-state index contributed by atoms with van der Waals surface area (Å²) in [5.41, 5.74) is 6.91. The summed E-state index contributed by atoms with van der Waals surface area (Å²) in [6.07, 6.45) is 4.18. The molecule has 1 fully saturated rings. The number of carbonyl (C=O) groups excluding carboxylic acids is 1. The number of benzene rings is 1. The Hall–Kier alpha value is -2.12. The van der Waals surface area contributed by atoms with E-state index < -0.39 is 0 Å². The first-order valence-corrected chi connectivity index (χ1v) is 9.17. The molecule has 2 unspecified atom stereocenters. The maximum atomic E-state index is 13.1. The molecule has 0 radical (unpaired) electrons. The fourth-order valence-electron chi connectivity index (χ4n) is 3.20. The van der Waals surface area contributed by atoms with Crippen LogP contribution < -0.4 is 20.1 Å². The zero-order valence-corrected chi connectivity index (χ0v) is 15.3. The lowest BCUT2D eigenvalue weighted by Crippen LogP contribution is -2.35. The minimum atomic E-state index is -0.0388. The Kier molecular flexibility index (Phi) is 5.55. The maximum Gasteiger partial charge on any atom is 0.232 e. The van der Waals surface area contributed by atoms with Crippen LogP contribution in [0.3, 0.4) is 0 Å². The molecule has 0 aliphatic heterocycles. The first-order chi connectivity index (χ1) is 12.1. The topological polar surface area (TPSA) is 77.7 Å². The number of nitrogens with zero attached hydrogens (tertiary/aromatic N) is 2. The molecule has 0 bridgehead atoms. The number of ether oxygens (including phenoxy) is 2. The van der Waals surface area contributed by atoms with E-state index >= 15 is 0 Å². The molecule has 2 aromatic rings. The van der Waals surface area contributed by atoms with Gasteiger partial charge in [0.05, 0.1) is 20.8 Å². The Bertz CT molecular complexity index is 720. The molecule has 1 aromatic heterocycles. The van der Waals surface area contributed by atoms with E-state index in [1.54, 1.807) is 25.3 Å². The normalized spacial score (nSPS) is 19.6. The van der Waals surface area contributed by atoms with Gasteiger partial charge in [0, 0.05) is 35.2 Å². The highest BCUT2D eigenvalue weighted by atomic mass is 32.1. The van der Waals surface area contributed by atoms with Crippen molar-refractivity contribution in [1.29, 1.82) is 0 Å². The number of hydrogen-bond acceptors (Lipinski definition) is 6. The van der Waals surface area contributed by atoms with Crippen LogP contribution in [0, 0.1) is 5.92 Å². The third-order valence-corrected chi connectivity index (χ3v) is 5.36. The molecule has 1 heterocycles. The van der Waals surface area contributed by atoms with Crippen molar-refractivity contribution in [1.82, 2.24) is 4.98 Å². The lowest BCUT2D eigenvalue weighted by atomic mass is 10.1. The number of hydrogen-bond donors (Lipinski definition) is 1. The number of nitrogens with two attached hydrogens (primary N) is 1. The largest absolute Gasteiger partial charge is 0.497 e. The van der Waals surface area contributed by atoms with E-state index in [2.05, 4.69) is 4.98 Å². The van der Waals surface area contributed by atoms with Crippen molar-refractivity contribution in [2.75, 3.05) is 19.1 Å². The maximum absolute atomic E-state index is 13.1. The van der Waals surface area contributed by atoms with Gasteiger partial charge >= 0.3 is 0 Å². The van der Waals surface area contributed by atoms with Gasteiger partial charge in [0.1, 0.15) is 11.5 Å². The fourth-order valence-corrected chi connectivity index (χ4v) is 3.85. The van der Waals surface area contributed by atoms with E-state index in [-0.39, 0.29) is 17.9 Å². The van der Waals surface area contributed by atoms with Crippen LogP contribution in [0.15, 0.2) is 29.8 Å². The zero-order chi connectivity index (χ0) is 17.8. The Labute approximate surface area is 151 Å². The molecule has 2 atom stereocenters. The van der Waals surface area contributed by atoms with Gasteiger partial charge in [0.25, 0.3) is 0 Å². The predicted octanol–water partition coefficient (Wildman–Crippen LogP) is 2.82. The minimum Gasteiger partial charge on any atom is -0.497 e. The number of amides is 1. The number of rotatable bonds is 6. The summed E-state index contributed by atoms with van der Waals surface area (Å²) in [5, 5.41) is 2.57. The third kappa shape index (κ3) is 3.93. The Balaban J connectivity index is 1.87. The molecule has 2 N–H and O–H groups in total. The van der Waals surface area contributed by atoms with Gasteiger partial charge in [-0.1, -0.05) is 0 Å². The average Bonchev–Trinajstić information content (AvgIpc) is 3.30. The molecule has 1 aliphatic rings. The van der Waals surface area contributed by atoms with Gasteiger partial charge in [0.2, 0.25) is 5.91 Å². The van der Waals surface area contributed by atoms with Gasteiger partial charge in [0.15, 0.2) is 5.13 Å². The summed E-state index contributed by atoms with van der Waals surface area (Å²) in [6, 6.07) is 5.73. The van der Waals surface area contributed by atoms with Crippen LogP contribution in [0.25, 0.3) is 0 Å². The number of aromatic nitrogens is 1. The number of methoxy groups -OCH3 is 2. The van der Waals surface area contributed by atoms with Gasteiger partial charge in [-0.3, -0.25) is 9.69 Å². The van der Waals surface area contributed by atoms with E-state index in [9.17, 15) is 4.79 Å². The van der Waals surface area contributed by atoms with Crippen LogP contribution >= 0.6 is 11.3 Å². The van der Waals surface area contributed by atoms with Crippen molar-refractivity contribution < 1.29 is 14.3 Å². The molecule has 134 valence electrons. The van der Waals surface area contributed by atoms with Crippen molar-refractivity contribution >= 4 is 22.4 Å². The molecule has 0 saturated heterocycles. The second-order valence-corrected chi connectivity index (χ2v) is 7.06. The molecule has 25 heavy (non-hydrogen) atoms. The Morgan fingerprint density at radius 3 is 2.80 bits per heavy atom. The number of carbonyl (C=O) groups is 1. The Morgan fingerprint density at radius 1 is 1.36 bits per heavy atom. The van der Waals surface area contributed by atoms with E-state index in [0.29, 0.717) is 17.4 Å². The summed E-state index contributed by atoms with van der Waals surface area (Å²) < 4.78 is 10.7. The van der Waals surface area contributed by atoms with Gasteiger partial charge in [-0.25, -0.2) is 4.98 Å². The predicted molar refractivity (Wildman–Crippen MR) is 98.2 cm³/mol. The van der Waals surface area contributed by atoms with Crippen LogP contribution in [-0.4, -0.2) is 31.2 Å². The monoisotopic (exact) mass is 361 g/mol. The van der Waals surface area contributed by atoms with Crippen molar-refractivity contribution in [3.05, 3.63) is 35.3 Å². The van der Waals surface area contributed by atoms with Gasteiger partial charge in [-0.2, -0.15) is 0 Å². The molecule has 1 amide bonds. The molecule has 1 aliphatic carbocycles. The van der Waals surface area contributed by atoms with Crippen LogP contribution in [0.5, 0.6) is 11.5 Å². The third-order valence-electron chi connectivity index (χ3n) is 4.56. The average molecular weight is 361 g/mol. The van der Waals surface area contributed by atoms with Crippen LogP contribution in [0.1, 0.15) is 24.8 Å². The first-order valence-electron chi connectivity index (χ1n) is 8.29. The summed E-state index contributed by atoms with van der Waals surface area (Å²) >= 11 is 1.46. The standard InChI is InChI=1S/C18H23N3O3S/c1-23-15-6-4-13(16(10-15)24-2)11-21(18-20-7-8-25-18)17(22)12-3-5-14(19)9-12/h4,6-8,10,12,14H,3,5,9,11,19H2,1-2H3. The minimum absolute atomic E-state index is 0.0388. The van der Waals surface area contributed by atoms with Crippen molar-refractivity contribution in [2.45, 2.75) is 31.8 Å². The van der Waals surface area contributed by atoms with Crippen LogP contribution in [0.2, 0.25) is 0 Å². The first kappa shape index (κ1) is 17.7. The van der Waals surface area contributed by atoms with E-state index in [1.165, 1.54) is 11.3 Å². The van der Waals surface area contributed by atoms with Gasteiger partial charge in [-0.15, -0.1) is 11.3 Å². The second-order valence-electron chi connectivity index (χ2n) is 6.19. The smallest absolute Gasteiger partial charge is 0.232 e. The zero-order valence-electron chi connectivity index (χ0n) is 14.5. The Morgan fingerprint density at radius 2 is 2.20 bits per heavy atom. The summed E-state index contributed by atoms with van der Waals surface area (Å²) in [7, 11) is 3.23. The van der Waals surface area contributed by atoms with E-state index in [0.717, 1.165) is 30.6 Å². The summed E-state index contributed by atoms with van der Waals surface area (Å²) in [4.78, 5) is 19.2. The molecular formula is C18H23N3O3S. The fraction of sp³-hybridized carbons (Fsp3) is 0.444. The lowest BCUT2D eigenvalue weighted by molar-refractivity contribution is -0.122. The lowest BCUT2D eigenvalue weighted by Gasteiger charge is -2.24. The van der Waals surface area contributed by atoms with E-state index in [4.69, 9.17) is 15.2 Å². The second kappa shape index (κ2) is 7.84. The van der Waals surface area contributed by atoms with E-state index in [1.807, 2.05) is 23.6 Å². The van der Waals surface area contributed by atoms with Gasteiger partial charge in [-0.05, 0) is 31.4 Å². The van der Waals surface area contributed by atoms with Gasteiger partial charge < -0.3 is 15.2 Å². The summed E-state index contributed by atoms with van der Waals surface area (Å²) in [6.45, 7) is 0.408. The van der Waals surface area contributed by atoms with Crippen molar-refractivity contribution in [3.8, 4) is 11.5 Å². The molecule has 6 nitrogen and oxygen atoms in total. The molecule has 0 spiro atoms. The molecule has 3 rings (SSSR count).